The second-order valence-electron chi connectivity index (χ2n) is 24.0. The molecule has 11 amide bonds. The maximum absolute atomic E-state index is 14.9. The van der Waals surface area contributed by atoms with Crippen molar-refractivity contribution in [2.75, 3.05) is 32.7 Å². The van der Waals surface area contributed by atoms with Gasteiger partial charge in [0.2, 0.25) is 35.4 Å². The van der Waals surface area contributed by atoms with Gasteiger partial charge in [0.25, 0.3) is 29.5 Å². The smallest absolute Gasteiger partial charge is 0.251 e. The molecule has 0 radical (unpaired) electrons. The van der Waals surface area contributed by atoms with Crippen LogP contribution in [0.2, 0.25) is 0 Å². The SMILES string of the molecule is CC(=O)N[C@@H](CCCCNC(=O)c1cc(O)c(O)c(O)c1)C(=O)N[C@@H](CCCCNC(=O)c1cc(O)c(O)c(O)c1)C(=O)N[C@@H](CCCCNC(=O)c1cc(O)c(O)c(O)c1)C(=O)N[C@@H](CCCCNC(=O)c1cc(O)c(O)c(O)c1)C(=O)N[C@@H](CCCCNC(=O)c1cc(O)c(O)c(O)c1)C(N)=O. The first-order valence-corrected chi connectivity index (χ1v) is 32.6. The molecular weight excluding hydrogens is 1370 g/mol. The molecule has 5 aromatic carbocycles. The third kappa shape index (κ3) is 24.9. The van der Waals surface area contributed by atoms with Crippen molar-refractivity contribution < 1.29 is 129 Å². The molecular formula is C67H85N11O26. The molecule has 5 aromatic rings. The number of nitrogens with one attached hydrogen (secondary N) is 10. The lowest BCUT2D eigenvalue weighted by atomic mass is 10.0. The summed E-state index contributed by atoms with van der Waals surface area (Å²) in [6, 6.07) is 1.30. The van der Waals surface area contributed by atoms with Crippen molar-refractivity contribution in [3.05, 3.63) is 88.5 Å². The number of nitrogens with two attached hydrogens (primary N) is 1. The number of unbranched alkanes of at least 4 members (excludes halogenated alkanes) is 5. The summed E-state index contributed by atoms with van der Waals surface area (Å²) in [5.41, 5.74) is 4.57. The Kier molecular flexibility index (Phi) is 31.0. The zero-order valence-corrected chi connectivity index (χ0v) is 56.1. The van der Waals surface area contributed by atoms with Gasteiger partial charge in [-0.2, -0.15) is 0 Å². The van der Waals surface area contributed by atoms with Gasteiger partial charge >= 0.3 is 0 Å². The Bertz CT molecular complexity index is 3850. The van der Waals surface area contributed by atoms with Crippen LogP contribution in [0.1, 0.15) is 155 Å². The molecule has 37 heteroatoms. The number of phenolic OH excluding ortho intramolecular Hbond substituents is 15. The first-order chi connectivity index (χ1) is 49.2. The van der Waals surface area contributed by atoms with E-state index in [0.717, 1.165) is 67.6 Å². The number of rotatable bonds is 40. The van der Waals surface area contributed by atoms with Gasteiger partial charge in [0.1, 0.15) is 30.2 Å². The Morgan fingerprint density at radius 2 is 0.433 bits per heavy atom. The predicted molar refractivity (Wildman–Crippen MR) is 363 cm³/mol. The average Bonchev–Trinajstić information content (AvgIpc) is 0.868. The van der Waals surface area contributed by atoms with Crippen molar-refractivity contribution in [2.24, 2.45) is 5.73 Å². The Morgan fingerprint density at radius 3 is 0.606 bits per heavy atom. The number of carbonyl (C=O) groups excluding carboxylic acids is 11. The van der Waals surface area contributed by atoms with Crippen LogP contribution >= 0.6 is 0 Å². The van der Waals surface area contributed by atoms with E-state index in [2.05, 4.69) is 53.2 Å². The average molecular weight is 1460 g/mol. The second-order valence-corrected chi connectivity index (χ2v) is 24.0. The minimum absolute atomic E-state index is 0.00464. The van der Waals surface area contributed by atoms with E-state index in [9.17, 15) is 129 Å². The first kappa shape index (κ1) is 81.9. The number of primary amides is 1. The lowest BCUT2D eigenvalue weighted by Gasteiger charge is -2.27. The van der Waals surface area contributed by atoms with Crippen LogP contribution in [0.3, 0.4) is 0 Å². The molecule has 0 heterocycles. The van der Waals surface area contributed by atoms with E-state index in [1.54, 1.807) is 0 Å². The molecule has 0 saturated carbocycles. The maximum Gasteiger partial charge on any atom is 0.251 e. The van der Waals surface area contributed by atoms with Crippen LogP contribution in [-0.4, -0.2) is 205 Å². The fourth-order valence-electron chi connectivity index (χ4n) is 10.3. The highest BCUT2D eigenvalue weighted by Crippen LogP contribution is 2.39. The highest BCUT2D eigenvalue weighted by molar-refractivity contribution is 5.99. The molecule has 104 heavy (non-hydrogen) atoms. The summed E-state index contributed by atoms with van der Waals surface area (Å²) in [5.74, 6) is -21.9. The minimum Gasteiger partial charge on any atom is -0.504 e. The van der Waals surface area contributed by atoms with Crippen LogP contribution in [0.4, 0.5) is 0 Å². The van der Waals surface area contributed by atoms with E-state index >= 15 is 0 Å². The standard InChI is InChI=1S/C67H85N11O26/c1-32(79)74-39(13-3-8-18-70-60(97)34-24-45(82)54(91)46(83)25-34)64(101)76-41(15-5-10-20-72-62(99)36-28-49(86)56(93)50(87)29-36)66(103)78-42(16-6-11-21-73-63(100)37-30-51(88)57(94)52(89)31-37)67(104)77-40(14-4-9-19-71-61(98)35-26-47(84)55(92)48(85)27-35)65(102)75-38(58(68)95)12-2-7-17-69-59(96)33-22-43(80)53(90)44(81)23-33/h22-31,38-42,80-94H,2-21H2,1H3,(H2,68,95)(H,69,96)(H,70,97)(H,71,98)(H,72,99)(H,73,100)(H,74,79)(H,75,102)(H,76,101)(H,77,104)(H,78,103)/t38-,39-,40-,41-,42-/m0/s1. The molecule has 0 fully saturated rings. The fraction of sp³-hybridized carbons (Fsp3) is 0.388. The molecule has 0 saturated heterocycles. The zero-order chi connectivity index (χ0) is 77.1. The molecule has 5 atom stereocenters. The Hall–Kier alpha value is -12.7. The Balaban J connectivity index is 1.41. The molecule has 0 spiro atoms. The van der Waals surface area contributed by atoms with E-state index < -0.39 is 181 Å². The number of hydrogen-bond acceptors (Lipinski definition) is 26. The van der Waals surface area contributed by atoms with Crippen LogP contribution < -0.4 is 58.9 Å². The van der Waals surface area contributed by atoms with Crippen molar-refractivity contribution in [3.63, 3.8) is 0 Å². The lowest BCUT2D eigenvalue weighted by molar-refractivity contribution is -0.135. The monoisotopic (exact) mass is 1460 g/mol. The number of benzene rings is 5. The molecule has 0 bridgehead atoms. The van der Waals surface area contributed by atoms with Gasteiger partial charge in [-0.05, 0) is 157 Å². The summed E-state index contributed by atoms with van der Waals surface area (Å²) in [4.78, 5) is 149. The highest BCUT2D eigenvalue weighted by atomic mass is 16.4. The molecule has 0 aliphatic carbocycles. The summed E-state index contributed by atoms with van der Waals surface area (Å²) in [5, 5.41) is 174. The number of phenols is 15. The van der Waals surface area contributed by atoms with Crippen molar-refractivity contribution in [2.45, 2.75) is 133 Å². The van der Waals surface area contributed by atoms with Crippen LogP contribution in [0.15, 0.2) is 60.7 Å². The number of amides is 11. The summed E-state index contributed by atoms with van der Waals surface area (Å²) < 4.78 is 0. The zero-order valence-electron chi connectivity index (χ0n) is 56.1. The molecule has 0 aliphatic rings. The van der Waals surface area contributed by atoms with Gasteiger partial charge in [-0.25, -0.2) is 0 Å². The van der Waals surface area contributed by atoms with Gasteiger partial charge in [-0.15, -0.1) is 0 Å². The van der Waals surface area contributed by atoms with Gasteiger partial charge in [-0.3, -0.25) is 52.7 Å². The highest BCUT2D eigenvalue weighted by Gasteiger charge is 2.33. The van der Waals surface area contributed by atoms with Crippen molar-refractivity contribution in [1.29, 1.82) is 0 Å². The number of carbonyl (C=O) groups is 11. The van der Waals surface area contributed by atoms with Crippen LogP contribution in [0, 0.1) is 0 Å². The summed E-state index contributed by atoms with van der Waals surface area (Å²) >= 11 is 0. The number of aromatic hydroxyl groups is 15. The molecule has 564 valence electrons. The quantitative estimate of drug-likeness (QED) is 0.0188. The normalized spacial score (nSPS) is 12.4. The van der Waals surface area contributed by atoms with E-state index in [-0.39, 0.29) is 157 Å². The molecule has 27 N–H and O–H groups in total. The van der Waals surface area contributed by atoms with E-state index in [1.807, 2.05) is 0 Å². The molecule has 0 aromatic heterocycles. The van der Waals surface area contributed by atoms with Crippen molar-refractivity contribution in [3.8, 4) is 86.2 Å². The summed E-state index contributed by atoms with van der Waals surface area (Å²) in [7, 11) is 0. The topological polar surface area (TPSA) is 638 Å². The van der Waals surface area contributed by atoms with E-state index in [4.69, 9.17) is 5.73 Å². The maximum atomic E-state index is 14.9. The second kappa shape index (κ2) is 39.3. The van der Waals surface area contributed by atoms with Gasteiger partial charge in [0.05, 0.1) is 0 Å². The van der Waals surface area contributed by atoms with Gasteiger partial charge in [0, 0.05) is 67.5 Å². The third-order valence-electron chi connectivity index (χ3n) is 15.9. The molecule has 5 rings (SSSR count). The van der Waals surface area contributed by atoms with Gasteiger partial charge in [0.15, 0.2) is 86.2 Å². The van der Waals surface area contributed by atoms with Crippen LogP contribution in [-0.2, 0) is 28.8 Å². The Labute approximate surface area is 592 Å². The largest absolute Gasteiger partial charge is 0.504 e. The molecule has 37 nitrogen and oxygen atoms in total. The van der Waals surface area contributed by atoms with Crippen LogP contribution in [0.25, 0.3) is 0 Å². The summed E-state index contributed by atoms with van der Waals surface area (Å²) in [6.45, 7) is 0.614. The van der Waals surface area contributed by atoms with Gasteiger partial charge in [-0.1, -0.05) is 0 Å². The van der Waals surface area contributed by atoms with Crippen LogP contribution in [0.5, 0.6) is 86.2 Å². The first-order valence-electron chi connectivity index (χ1n) is 32.6. The van der Waals surface area contributed by atoms with E-state index in [0.29, 0.717) is 0 Å². The van der Waals surface area contributed by atoms with Gasteiger partial charge < -0.3 is 135 Å². The molecule has 0 unspecified atom stereocenters. The van der Waals surface area contributed by atoms with E-state index in [1.165, 1.54) is 0 Å². The Morgan fingerprint density at radius 1 is 0.269 bits per heavy atom. The summed E-state index contributed by atoms with van der Waals surface area (Å²) in [6.07, 6.45) is -0.371. The van der Waals surface area contributed by atoms with Crippen molar-refractivity contribution >= 4 is 65.0 Å². The molecule has 0 aliphatic heterocycles. The number of hydrogen-bond donors (Lipinski definition) is 26. The fourth-order valence-corrected chi connectivity index (χ4v) is 10.3. The predicted octanol–water partition coefficient (Wildman–Crippen LogP) is 0.501. The third-order valence-corrected chi connectivity index (χ3v) is 15.9. The minimum atomic E-state index is -1.65. The lowest BCUT2D eigenvalue weighted by Crippen LogP contribution is -2.59. The van der Waals surface area contributed by atoms with Crippen molar-refractivity contribution in [1.82, 2.24) is 53.2 Å².